The van der Waals surface area contributed by atoms with Crippen molar-refractivity contribution in [3.8, 4) is 0 Å². The first-order valence-electron chi connectivity index (χ1n) is 9.77. The first kappa shape index (κ1) is 19.7. The molecule has 1 atom stereocenters. The Labute approximate surface area is 176 Å². The number of fused-ring (bicyclic) bond motifs is 2. The third-order valence-electron chi connectivity index (χ3n) is 5.94. The summed E-state index contributed by atoms with van der Waals surface area (Å²) in [5, 5.41) is 9.40. The highest BCUT2D eigenvalue weighted by atomic mass is 32.2. The molecule has 0 aliphatic heterocycles. The van der Waals surface area contributed by atoms with Crippen LogP contribution in [0.5, 0.6) is 0 Å². The average Bonchev–Trinajstić information content (AvgIpc) is 2.74. The normalized spacial score (nSPS) is 17.1. The molecule has 0 spiro atoms. The monoisotopic (exact) mass is 403 g/mol. The first-order chi connectivity index (χ1) is 13.9. The van der Waals surface area contributed by atoms with Gasteiger partial charge in [-0.15, -0.1) is 11.8 Å². The van der Waals surface area contributed by atoms with Crippen LogP contribution < -0.4 is 5.73 Å². The van der Waals surface area contributed by atoms with Crippen molar-refractivity contribution in [2.45, 2.75) is 30.1 Å². The summed E-state index contributed by atoms with van der Waals surface area (Å²) in [6.07, 6.45) is 0. The van der Waals surface area contributed by atoms with Gasteiger partial charge in [-0.3, -0.25) is 4.79 Å². The summed E-state index contributed by atoms with van der Waals surface area (Å²) >= 11 is 1.61. The minimum atomic E-state index is -0.974. The molecule has 3 nitrogen and oxygen atoms in total. The molecule has 0 bridgehead atoms. The summed E-state index contributed by atoms with van der Waals surface area (Å²) in [5.74, 6) is -0.661. The number of hydrogen-bond acceptors (Lipinski definition) is 3. The zero-order valence-electron chi connectivity index (χ0n) is 16.6. The SMILES string of the molecule is CC1(C)c2ccccc2C(SC[C@H](N)C(=O)O)(c2ccccc2)c2ccccc21. The zero-order valence-corrected chi connectivity index (χ0v) is 17.4. The third kappa shape index (κ3) is 3.07. The number of nitrogens with two attached hydrogens (primary N) is 1. The fourth-order valence-corrected chi connectivity index (χ4v) is 6.01. The van der Waals surface area contributed by atoms with E-state index in [2.05, 4.69) is 74.5 Å². The summed E-state index contributed by atoms with van der Waals surface area (Å²) in [6.45, 7) is 4.51. The summed E-state index contributed by atoms with van der Waals surface area (Å²) in [5.41, 5.74) is 11.9. The van der Waals surface area contributed by atoms with Gasteiger partial charge in [0.05, 0.1) is 4.75 Å². The van der Waals surface area contributed by atoms with Crippen LogP contribution in [0, 0.1) is 0 Å². The summed E-state index contributed by atoms with van der Waals surface area (Å²) in [7, 11) is 0. The molecule has 4 heteroatoms. The molecular weight excluding hydrogens is 378 g/mol. The van der Waals surface area contributed by atoms with Crippen LogP contribution in [0.15, 0.2) is 78.9 Å². The molecule has 29 heavy (non-hydrogen) atoms. The van der Waals surface area contributed by atoms with E-state index in [1.165, 1.54) is 22.3 Å². The lowest BCUT2D eigenvalue weighted by molar-refractivity contribution is -0.137. The van der Waals surface area contributed by atoms with Crippen LogP contribution in [0.1, 0.15) is 41.7 Å². The van der Waals surface area contributed by atoms with Crippen molar-refractivity contribution >= 4 is 17.7 Å². The molecule has 3 N–H and O–H groups in total. The maximum atomic E-state index is 11.5. The van der Waals surface area contributed by atoms with Crippen molar-refractivity contribution in [1.29, 1.82) is 0 Å². The minimum absolute atomic E-state index is 0.152. The van der Waals surface area contributed by atoms with E-state index in [0.29, 0.717) is 5.75 Å². The Morgan fingerprint density at radius 3 is 1.79 bits per heavy atom. The maximum Gasteiger partial charge on any atom is 0.321 e. The van der Waals surface area contributed by atoms with E-state index < -0.39 is 16.8 Å². The lowest BCUT2D eigenvalue weighted by Crippen LogP contribution is -2.41. The third-order valence-corrected chi connectivity index (χ3v) is 7.57. The molecular formula is C25H25NO2S. The molecule has 0 saturated heterocycles. The minimum Gasteiger partial charge on any atom is -0.480 e. The Morgan fingerprint density at radius 2 is 1.31 bits per heavy atom. The van der Waals surface area contributed by atoms with E-state index in [4.69, 9.17) is 5.73 Å². The highest BCUT2D eigenvalue weighted by Crippen LogP contribution is 2.57. The van der Waals surface area contributed by atoms with E-state index in [-0.39, 0.29) is 5.41 Å². The second-order valence-corrected chi connectivity index (χ2v) is 9.25. The summed E-state index contributed by atoms with van der Waals surface area (Å²) < 4.78 is -0.517. The lowest BCUT2D eigenvalue weighted by Gasteiger charge is -2.47. The highest BCUT2D eigenvalue weighted by molar-refractivity contribution is 8.00. The van der Waals surface area contributed by atoms with Gasteiger partial charge < -0.3 is 10.8 Å². The van der Waals surface area contributed by atoms with Crippen LogP contribution in [-0.4, -0.2) is 22.9 Å². The number of aliphatic carboxylic acids is 1. The van der Waals surface area contributed by atoms with Gasteiger partial charge >= 0.3 is 5.97 Å². The molecule has 148 valence electrons. The molecule has 0 saturated carbocycles. The average molecular weight is 404 g/mol. The Balaban J connectivity index is 2.04. The van der Waals surface area contributed by atoms with Crippen molar-refractivity contribution in [2.75, 3.05) is 5.75 Å². The van der Waals surface area contributed by atoms with Gasteiger partial charge in [-0.2, -0.15) is 0 Å². The van der Waals surface area contributed by atoms with Gasteiger partial charge in [0.1, 0.15) is 6.04 Å². The fraction of sp³-hybridized carbons (Fsp3) is 0.240. The van der Waals surface area contributed by atoms with E-state index in [1.54, 1.807) is 11.8 Å². The predicted octanol–water partition coefficient (Wildman–Crippen LogP) is 4.76. The highest BCUT2D eigenvalue weighted by Gasteiger charge is 2.48. The van der Waals surface area contributed by atoms with Crippen molar-refractivity contribution < 1.29 is 9.90 Å². The lowest BCUT2D eigenvalue weighted by atomic mass is 9.63. The van der Waals surface area contributed by atoms with Gasteiger partial charge in [0, 0.05) is 11.2 Å². The second kappa shape index (κ2) is 7.36. The Bertz CT molecular complexity index is 996. The molecule has 0 amide bonds. The Kier molecular flexibility index (Phi) is 5.01. The van der Waals surface area contributed by atoms with Crippen molar-refractivity contribution in [1.82, 2.24) is 0 Å². The van der Waals surface area contributed by atoms with E-state index in [9.17, 15) is 9.90 Å². The van der Waals surface area contributed by atoms with E-state index >= 15 is 0 Å². The largest absolute Gasteiger partial charge is 0.480 e. The van der Waals surface area contributed by atoms with Crippen LogP contribution in [-0.2, 0) is 15.0 Å². The molecule has 4 rings (SSSR count). The Morgan fingerprint density at radius 1 is 0.862 bits per heavy atom. The van der Waals surface area contributed by atoms with Crippen molar-refractivity contribution in [3.63, 3.8) is 0 Å². The van der Waals surface area contributed by atoms with Crippen LogP contribution in [0.4, 0.5) is 0 Å². The van der Waals surface area contributed by atoms with E-state index in [1.807, 2.05) is 18.2 Å². The molecule has 3 aromatic carbocycles. The van der Waals surface area contributed by atoms with E-state index in [0.717, 1.165) is 5.56 Å². The van der Waals surface area contributed by atoms with Gasteiger partial charge in [0.15, 0.2) is 0 Å². The molecule has 1 aliphatic rings. The number of benzene rings is 3. The molecule has 0 heterocycles. The number of carboxylic acid groups (broad SMARTS) is 1. The molecule has 3 aromatic rings. The van der Waals surface area contributed by atoms with Crippen molar-refractivity contribution in [3.05, 3.63) is 107 Å². The van der Waals surface area contributed by atoms with Gasteiger partial charge in [-0.05, 0) is 27.8 Å². The summed E-state index contributed by atoms with van der Waals surface area (Å²) in [6, 6.07) is 26.5. The number of hydrogen-bond donors (Lipinski definition) is 2. The van der Waals surface area contributed by atoms with Gasteiger partial charge in [-0.25, -0.2) is 0 Å². The van der Waals surface area contributed by atoms with Gasteiger partial charge in [-0.1, -0.05) is 92.7 Å². The number of carboxylic acids is 1. The van der Waals surface area contributed by atoms with Crippen molar-refractivity contribution in [2.24, 2.45) is 5.73 Å². The quantitative estimate of drug-likeness (QED) is 0.645. The van der Waals surface area contributed by atoms with Crippen LogP contribution >= 0.6 is 11.8 Å². The number of thioether (sulfide) groups is 1. The predicted molar refractivity (Wildman–Crippen MR) is 119 cm³/mol. The second-order valence-electron chi connectivity index (χ2n) is 8.02. The Hall–Kier alpha value is -2.56. The smallest absolute Gasteiger partial charge is 0.321 e. The standard InChI is InChI=1S/C25H25NO2S/c1-24(2)18-12-6-8-14-20(18)25(17-10-4-3-5-11-17,29-16-22(26)23(27)28)21-15-9-7-13-19(21)24/h3-15,22H,16,26H2,1-2H3,(H,27,28)/t22-/m0/s1. The van der Waals surface area contributed by atoms with Crippen LogP contribution in [0.3, 0.4) is 0 Å². The molecule has 0 radical (unpaired) electrons. The maximum absolute atomic E-state index is 11.5. The molecule has 0 aromatic heterocycles. The van der Waals surface area contributed by atoms with Gasteiger partial charge in [0.25, 0.3) is 0 Å². The number of rotatable bonds is 5. The topological polar surface area (TPSA) is 63.3 Å². The summed E-state index contributed by atoms with van der Waals surface area (Å²) in [4.78, 5) is 11.5. The van der Waals surface area contributed by atoms with Gasteiger partial charge in [0.2, 0.25) is 0 Å². The zero-order chi connectivity index (χ0) is 20.6. The molecule has 1 aliphatic carbocycles. The molecule has 0 fully saturated rings. The first-order valence-corrected chi connectivity index (χ1v) is 10.8. The fourth-order valence-electron chi connectivity index (χ4n) is 4.47. The number of carbonyl (C=O) groups is 1. The molecule has 0 unspecified atom stereocenters. The van der Waals surface area contributed by atoms with Crippen LogP contribution in [0.2, 0.25) is 0 Å². The van der Waals surface area contributed by atoms with Crippen LogP contribution in [0.25, 0.3) is 0 Å².